The lowest BCUT2D eigenvalue weighted by Gasteiger charge is -2.34. The first-order valence-electron chi connectivity index (χ1n) is 8.62. The molecule has 0 atom stereocenters. The van der Waals surface area contributed by atoms with Crippen LogP contribution in [0.25, 0.3) is 10.9 Å². The molecule has 1 aromatic heterocycles. The third-order valence-corrected chi connectivity index (χ3v) is 4.74. The van der Waals surface area contributed by atoms with E-state index in [9.17, 15) is 19.1 Å². The first-order valence-corrected chi connectivity index (χ1v) is 8.62. The summed E-state index contributed by atoms with van der Waals surface area (Å²) in [6.45, 7) is 2.08. The van der Waals surface area contributed by atoms with E-state index >= 15 is 4.39 Å². The number of anilines is 1. The number of carbonyl (C=O) groups is 1. The van der Waals surface area contributed by atoms with Gasteiger partial charge in [0, 0.05) is 32.4 Å². The summed E-state index contributed by atoms with van der Waals surface area (Å²) in [4.78, 5) is 32.1. The molecule has 3 rings (SSSR count). The molecule has 0 spiro atoms. The number of benzene rings is 1. The molecule has 1 aliphatic heterocycles. The number of likely N-dealkylation sites (N-methyl/N-ethyl adjacent to an activating group) is 1. The Morgan fingerprint density at radius 1 is 1.32 bits per heavy atom. The number of aromatic carboxylic acids is 1. The van der Waals surface area contributed by atoms with Crippen molar-refractivity contribution in [1.29, 1.82) is 0 Å². The first kappa shape index (κ1) is 19.7. The molecule has 1 saturated heterocycles. The quantitative estimate of drug-likeness (QED) is 0.609. The number of rotatable bonds is 5. The fourth-order valence-electron chi connectivity index (χ4n) is 3.29. The molecule has 8 nitrogen and oxygen atoms in total. The van der Waals surface area contributed by atoms with E-state index in [1.165, 1.54) is 17.9 Å². The summed E-state index contributed by atoms with van der Waals surface area (Å²) >= 11 is 0. The van der Waals surface area contributed by atoms with Gasteiger partial charge in [0.1, 0.15) is 24.2 Å². The van der Waals surface area contributed by atoms with Crippen LogP contribution in [0.2, 0.25) is 0 Å². The summed E-state index contributed by atoms with van der Waals surface area (Å²) in [7, 11) is 3.24. The van der Waals surface area contributed by atoms with Crippen LogP contribution < -0.4 is 10.3 Å². The van der Waals surface area contributed by atoms with E-state index in [0.29, 0.717) is 26.2 Å². The Kier molecular flexibility index (Phi) is 5.59. The Morgan fingerprint density at radius 3 is 2.61 bits per heavy atom. The van der Waals surface area contributed by atoms with Crippen LogP contribution in [0.15, 0.2) is 22.2 Å². The van der Waals surface area contributed by atoms with Crippen LogP contribution in [0, 0.1) is 11.6 Å². The van der Waals surface area contributed by atoms with Gasteiger partial charge >= 0.3 is 5.97 Å². The normalized spacial score (nSPS) is 15.5. The van der Waals surface area contributed by atoms with Crippen LogP contribution in [-0.2, 0) is 11.4 Å². The molecule has 1 N–H and O–H groups in total. The molecule has 1 fully saturated rings. The fraction of sp³-hybridized carbons (Fsp3) is 0.389. The van der Waals surface area contributed by atoms with Gasteiger partial charge in [-0.1, -0.05) is 5.16 Å². The SMILES string of the molecule is CO/N=C/Cn1cc(C(=O)O)c(=O)c2cc(F)c(N3CCN(C)CC3)c(F)c21. The Hall–Kier alpha value is -3.01. The van der Waals surface area contributed by atoms with Gasteiger partial charge < -0.3 is 24.3 Å². The molecular weight excluding hydrogens is 374 g/mol. The second kappa shape index (κ2) is 7.93. The van der Waals surface area contributed by atoms with E-state index in [-0.39, 0.29) is 23.1 Å². The number of halogens is 2. The zero-order valence-electron chi connectivity index (χ0n) is 15.5. The summed E-state index contributed by atoms with van der Waals surface area (Å²) in [6.07, 6.45) is 2.32. The molecule has 10 heteroatoms. The maximum atomic E-state index is 15.4. The first-order chi connectivity index (χ1) is 13.3. The van der Waals surface area contributed by atoms with E-state index in [0.717, 1.165) is 12.3 Å². The summed E-state index contributed by atoms with van der Waals surface area (Å²) in [6, 6.07) is 0.908. The highest BCUT2D eigenvalue weighted by atomic mass is 19.1. The number of fused-ring (bicyclic) bond motifs is 1. The van der Waals surface area contributed by atoms with Crippen molar-refractivity contribution in [3.8, 4) is 0 Å². The van der Waals surface area contributed by atoms with Crippen LogP contribution in [0.5, 0.6) is 0 Å². The lowest BCUT2D eigenvalue weighted by atomic mass is 10.1. The summed E-state index contributed by atoms with van der Waals surface area (Å²) < 4.78 is 31.4. The van der Waals surface area contributed by atoms with Crippen molar-refractivity contribution in [2.24, 2.45) is 5.16 Å². The number of carboxylic acids is 1. The van der Waals surface area contributed by atoms with E-state index in [1.54, 1.807) is 4.90 Å². The Morgan fingerprint density at radius 2 is 2.00 bits per heavy atom. The van der Waals surface area contributed by atoms with Crippen molar-refractivity contribution < 1.29 is 23.5 Å². The highest BCUT2D eigenvalue weighted by molar-refractivity contribution is 5.94. The van der Waals surface area contributed by atoms with Gasteiger partial charge in [0.05, 0.1) is 23.7 Å². The lowest BCUT2D eigenvalue weighted by Crippen LogP contribution is -2.45. The average molecular weight is 394 g/mol. The van der Waals surface area contributed by atoms with Crippen molar-refractivity contribution in [3.05, 3.63) is 39.7 Å². The largest absolute Gasteiger partial charge is 0.477 e. The molecule has 1 aliphatic rings. The molecular formula is C18H20F2N4O4. The molecule has 150 valence electrons. The Labute approximate surface area is 159 Å². The van der Waals surface area contributed by atoms with Gasteiger partial charge in [-0.05, 0) is 13.1 Å². The molecule has 0 bridgehead atoms. The number of nitrogens with zero attached hydrogens (tertiary/aromatic N) is 4. The molecule has 2 heterocycles. The van der Waals surface area contributed by atoms with Crippen LogP contribution in [-0.4, -0.2) is 67.1 Å². The minimum Gasteiger partial charge on any atom is -0.477 e. The fourth-order valence-corrected chi connectivity index (χ4v) is 3.29. The molecule has 0 unspecified atom stereocenters. The topological polar surface area (TPSA) is 87.4 Å². The van der Waals surface area contributed by atoms with Crippen LogP contribution in [0.4, 0.5) is 14.5 Å². The van der Waals surface area contributed by atoms with Crippen LogP contribution in [0.1, 0.15) is 10.4 Å². The molecule has 28 heavy (non-hydrogen) atoms. The Balaban J connectivity index is 2.25. The number of pyridine rings is 1. The standard InChI is InChI=1S/C18H20F2N4O4/c1-22-5-7-23(8-6-22)16-13(19)9-11-15(14(16)20)24(4-3-21-28-2)10-12(17(11)25)18(26)27/h3,9-10H,4-8H2,1-2H3,(H,26,27)/b21-3+. The van der Waals surface area contributed by atoms with E-state index < -0.39 is 28.6 Å². The number of hydrogen-bond donors (Lipinski definition) is 1. The highest BCUT2D eigenvalue weighted by Crippen LogP contribution is 2.30. The highest BCUT2D eigenvalue weighted by Gasteiger charge is 2.26. The minimum absolute atomic E-state index is 0.0599. The van der Waals surface area contributed by atoms with Gasteiger partial charge in [0.15, 0.2) is 5.82 Å². The van der Waals surface area contributed by atoms with E-state index in [1.807, 2.05) is 11.9 Å². The molecule has 1 aromatic carbocycles. The zero-order valence-corrected chi connectivity index (χ0v) is 15.5. The van der Waals surface area contributed by atoms with Gasteiger partial charge in [-0.2, -0.15) is 0 Å². The molecule has 0 radical (unpaired) electrons. The second-order valence-electron chi connectivity index (χ2n) is 6.51. The maximum Gasteiger partial charge on any atom is 0.341 e. The second-order valence-corrected chi connectivity index (χ2v) is 6.51. The Bertz CT molecular complexity index is 997. The van der Waals surface area contributed by atoms with Gasteiger partial charge in [0.25, 0.3) is 0 Å². The van der Waals surface area contributed by atoms with Crippen molar-refractivity contribution in [2.75, 3.05) is 45.2 Å². The predicted octanol–water partition coefficient (Wildman–Crippen LogP) is 1.36. The van der Waals surface area contributed by atoms with Crippen molar-refractivity contribution >= 4 is 28.8 Å². The van der Waals surface area contributed by atoms with E-state index in [4.69, 9.17) is 0 Å². The zero-order chi connectivity index (χ0) is 20.4. The van der Waals surface area contributed by atoms with Gasteiger partial charge in [0.2, 0.25) is 5.43 Å². The molecule has 0 aliphatic carbocycles. The third-order valence-electron chi connectivity index (χ3n) is 4.74. The number of hydrogen-bond acceptors (Lipinski definition) is 6. The molecule has 0 amide bonds. The van der Waals surface area contributed by atoms with Crippen molar-refractivity contribution in [2.45, 2.75) is 6.54 Å². The lowest BCUT2D eigenvalue weighted by molar-refractivity contribution is 0.0695. The number of carboxylic acid groups (broad SMARTS) is 1. The van der Waals surface area contributed by atoms with Crippen molar-refractivity contribution in [1.82, 2.24) is 9.47 Å². The van der Waals surface area contributed by atoms with Gasteiger partial charge in [-0.3, -0.25) is 4.79 Å². The minimum atomic E-state index is -1.48. The van der Waals surface area contributed by atoms with Gasteiger partial charge in [-0.15, -0.1) is 0 Å². The maximum absolute atomic E-state index is 15.4. The average Bonchev–Trinajstić information content (AvgIpc) is 2.65. The third kappa shape index (κ3) is 3.55. The smallest absolute Gasteiger partial charge is 0.341 e. The molecule has 2 aromatic rings. The number of aromatic nitrogens is 1. The number of oxime groups is 1. The van der Waals surface area contributed by atoms with E-state index in [2.05, 4.69) is 9.99 Å². The summed E-state index contributed by atoms with van der Waals surface area (Å²) in [5.41, 5.74) is -1.91. The number of piperazine rings is 1. The summed E-state index contributed by atoms with van der Waals surface area (Å²) in [5, 5.41) is 12.5. The van der Waals surface area contributed by atoms with Crippen LogP contribution >= 0.6 is 0 Å². The monoisotopic (exact) mass is 394 g/mol. The van der Waals surface area contributed by atoms with Gasteiger partial charge in [-0.25, -0.2) is 13.6 Å². The predicted molar refractivity (Wildman–Crippen MR) is 100 cm³/mol. The summed E-state index contributed by atoms with van der Waals surface area (Å²) in [5.74, 6) is -3.28. The molecule has 0 saturated carbocycles. The van der Waals surface area contributed by atoms with Crippen LogP contribution in [0.3, 0.4) is 0 Å². The van der Waals surface area contributed by atoms with Crippen molar-refractivity contribution in [3.63, 3.8) is 0 Å².